The van der Waals surface area contributed by atoms with E-state index >= 15 is 0 Å². The van der Waals surface area contributed by atoms with E-state index < -0.39 is 0 Å². The molecule has 4 nitrogen and oxygen atoms in total. The molecule has 5 heteroatoms. The average Bonchev–Trinajstić information content (AvgIpc) is 2.45. The zero-order chi connectivity index (χ0) is 10.3. The van der Waals surface area contributed by atoms with Crippen LogP contribution in [0.5, 0.6) is 5.88 Å². The molecule has 2 heterocycles. The summed E-state index contributed by atoms with van der Waals surface area (Å²) in [5, 5.41) is 0. The Labute approximate surface area is 89.8 Å². The van der Waals surface area contributed by atoms with Gasteiger partial charge in [-0.3, -0.25) is 0 Å². The minimum absolute atomic E-state index is 0.609. The monoisotopic (exact) mass is 255 g/mol. The average molecular weight is 256 g/mol. The van der Waals surface area contributed by atoms with Crippen LogP contribution in [0.25, 0.3) is 5.65 Å². The highest BCUT2D eigenvalue weighted by atomic mass is 79.9. The number of aromatic nitrogens is 2. The molecule has 14 heavy (non-hydrogen) atoms. The van der Waals surface area contributed by atoms with E-state index in [1.807, 2.05) is 19.1 Å². The highest BCUT2D eigenvalue weighted by Crippen LogP contribution is 2.29. The summed E-state index contributed by atoms with van der Waals surface area (Å²) >= 11 is 3.39. The van der Waals surface area contributed by atoms with E-state index in [2.05, 4.69) is 20.9 Å². The first-order valence-corrected chi connectivity index (χ1v) is 4.91. The van der Waals surface area contributed by atoms with Gasteiger partial charge in [-0.15, -0.1) is 0 Å². The maximum absolute atomic E-state index is 5.88. The van der Waals surface area contributed by atoms with Gasteiger partial charge in [0.05, 0.1) is 17.3 Å². The van der Waals surface area contributed by atoms with Gasteiger partial charge in [-0.05, 0) is 35.0 Å². The Morgan fingerprint density at radius 1 is 1.50 bits per heavy atom. The first-order valence-electron chi connectivity index (χ1n) is 4.12. The smallest absolute Gasteiger partial charge is 0.215 e. The molecule has 0 aliphatic carbocycles. The van der Waals surface area contributed by atoms with E-state index in [1.54, 1.807) is 11.5 Å². The lowest BCUT2D eigenvalue weighted by molar-refractivity contribution is 0.390. The molecule has 2 aromatic heterocycles. The van der Waals surface area contributed by atoms with Gasteiger partial charge >= 0.3 is 0 Å². The number of nitrogens with zero attached hydrogens (tertiary/aromatic N) is 2. The fraction of sp³-hybridized carbons (Fsp3) is 0.222. The fourth-order valence-electron chi connectivity index (χ4n) is 1.40. The van der Waals surface area contributed by atoms with Crippen LogP contribution in [0.15, 0.2) is 16.6 Å². The number of rotatable bonds is 1. The Balaban J connectivity index is 2.91. The number of fused-ring (bicyclic) bond motifs is 1. The molecule has 2 aromatic rings. The minimum atomic E-state index is 0.609. The van der Waals surface area contributed by atoms with Crippen molar-refractivity contribution in [2.24, 2.45) is 0 Å². The molecular weight excluding hydrogens is 246 g/mol. The lowest BCUT2D eigenvalue weighted by Gasteiger charge is -2.07. The third kappa shape index (κ3) is 1.16. The second kappa shape index (κ2) is 3.16. The van der Waals surface area contributed by atoms with Gasteiger partial charge in [0.2, 0.25) is 5.88 Å². The number of anilines is 1. The van der Waals surface area contributed by atoms with Gasteiger partial charge in [-0.1, -0.05) is 0 Å². The Bertz CT molecular complexity index is 492. The van der Waals surface area contributed by atoms with Crippen molar-refractivity contribution >= 4 is 27.4 Å². The largest absolute Gasteiger partial charge is 0.481 e. The molecule has 0 aliphatic heterocycles. The van der Waals surface area contributed by atoms with Gasteiger partial charge in [0, 0.05) is 0 Å². The number of ether oxygens (including phenoxy) is 1. The van der Waals surface area contributed by atoms with Gasteiger partial charge in [0.15, 0.2) is 0 Å². The first-order chi connectivity index (χ1) is 6.65. The van der Waals surface area contributed by atoms with E-state index in [4.69, 9.17) is 10.5 Å². The predicted octanol–water partition coefficient (Wildman–Crippen LogP) is 2.00. The van der Waals surface area contributed by atoms with Gasteiger partial charge < -0.3 is 10.5 Å². The number of methoxy groups -OCH3 is 1. The zero-order valence-electron chi connectivity index (χ0n) is 7.91. The quantitative estimate of drug-likeness (QED) is 0.848. The number of aryl methyl sites for hydroxylation is 1. The minimum Gasteiger partial charge on any atom is -0.481 e. The van der Waals surface area contributed by atoms with Crippen LogP contribution in [0.1, 0.15) is 5.69 Å². The normalized spacial score (nSPS) is 10.8. The third-order valence-electron chi connectivity index (χ3n) is 2.10. The topological polar surface area (TPSA) is 52.5 Å². The highest BCUT2D eigenvalue weighted by Gasteiger charge is 2.11. The van der Waals surface area contributed by atoms with Crippen molar-refractivity contribution in [1.29, 1.82) is 0 Å². The molecule has 74 valence electrons. The van der Waals surface area contributed by atoms with Crippen LogP contribution in [-0.2, 0) is 0 Å². The maximum atomic E-state index is 5.88. The highest BCUT2D eigenvalue weighted by molar-refractivity contribution is 9.10. The molecule has 0 radical (unpaired) electrons. The van der Waals surface area contributed by atoms with Crippen LogP contribution in [0.3, 0.4) is 0 Å². The lowest BCUT2D eigenvalue weighted by atomic mass is 10.4. The fourth-order valence-corrected chi connectivity index (χ4v) is 1.88. The van der Waals surface area contributed by atoms with Crippen molar-refractivity contribution in [3.8, 4) is 5.88 Å². The lowest BCUT2D eigenvalue weighted by Crippen LogP contribution is -1.99. The van der Waals surface area contributed by atoms with Crippen LogP contribution in [0.4, 0.5) is 5.82 Å². The number of halogens is 1. The Hall–Kier alpha value is -1.23. The van der Waals surface area contributed by atoms with E-state index in [0.717, 1.165) is 15.8 Å². The molecule has 0 saturated carbocycles. The summed E-state index contributed by atoms with van der Waals surface area (Å²) in [7, 11) is 1.61. The van der Waals surface area contributed by atoms with Gasteiger partial charge in [-0.25, -0.2) is 9.38 Å². The molecule has 0 amide bonds. The van der Waals surface area contributed by atoms with E-state index in [1.165, 1.54) is 0 Å². The van der Waals surface area contributed by atoms with Crippen LogP contribution in [0, 0.1) is 6.92 Å². The second-order valence-corrected chi connectivity index (χ2v) is 3.82. The van der Waals surface area contributed by atoms with E-state index in [9.17, 15) is 0 Å². The number of hydrogen-bond donors (Lipinski definition) is 1. The molecule has 0 saturated heterocycles. The number of hydrogen-bond acceptors (Lipinski definition) is 3. The summed E-state index contributed by atoms with van der Waals surface area (Å²) in [6.45, 7) is 1.87. The van der Waals surface area contributed by atoms with Crippen LogP contribution >= 0.6 is 15.9 Å². The summed E-state index contributed by atoms with van der Waals surface area (Å²) < 4.78 is 7.88. The molecule has 0 aromatic carbocycles. The molecular formula is C9H10BrN3O. The number of pyridine rings is 1. The van der Waals surface area contributed by atoms with E-state index in [0.29, 0.717) is 11.7 Å². The van der Waals surface area contributed by atoms with Crippen LogP contribution < -0.4 is 10.5 Å². The first kappa shape index (κ1) is 9.33. The molecule has 0 atom stereocenters. The maximum Gasteiger partial charge on any atom is 0.215 e. The molecule has 0 spiro atoms. The van der Waals surface area contributed by atoms with E-state index in [-0.39, 0.29) is 0 Å². The summed E-state index contributed by atoms with van der Waals surface area (Å²) in [6, 6.07) is 3.77. The number of nitrogens with two attached hydrogens (primary N) is 1. The summed E-state index contributed by atoms with van der Waals surface area (Å²) in [6.07, 6.45) is 0. The van der Waals surface area contributed by atoms with Crippen LogP contribution in [0.2, 0.25) is 0 Å². The molecule has 0 unspecified atom stereocenters. The molecule has 0 aliphatic rings. The van der Waals surface area contributed by atoms with Gasteiger partial charge in [-0.2, -0.15) is 0 Å². The predicted molar refractivity (Wildman–Crippen MR) is 58.6 cm³/mol. The summed E-state index contributed by atoms with van der Waals surface area (Å²) in [4.78, 5) is 4.30. The van der Waals surface area contributed by atoms with Crippen molar-refractivity contribution in [2.75, 3.05) is 12.8 Å². The molecule has 0 bridgehead atoms. The Morgan fingerprint density at radius 2 is 2.21 bits per heavy atom. The molecule has 0 fully saturated rings. The van der Waals surface area contributed by atoms with Crippen molar-refractivity contribution in [2.45, 2.75) is 6.92 Å². The van der Waals surface area contributed by atoms with Crippen molar-refractivity contribution in [1.82, 2.24) is 9.38 Å². The molecule has 2 N–H and O–H groups in total. The molecule has 2 rings (SSSR count). The SMILES string of the molecule is COc1c(Br)ccc2nc(C)c(N)n12. The number of nitrogen functional groups attached to an aromatic ring is 1. The third-order valence-corrected chi connectivity index (χ3v) is 2.71. The van der Waals surface area contributed by atoms with Crippen LogP contribution in [-0.4, -0.2) is 16.5 Å². The van der Waals surface area contributed by atoms with Gasteiger partial charge in [0.25, 0.3) is 0 Å². The van der Waals surface area contributed by atoms with Crippen molar-refractivity contribution < 1.29 is 4.74 Å². The van der Waals surface area contributed by atoms with Crippen molar-refractivity contribution in [3.63, 3.8) is 0 Å². The Morgan fingerprint density at radius 3 is 2.86 bits per heavy atom. The second-order valence-electron chi connectivity index (χ2n) is 2.97. The summed E-state index contributed by atoms with van der Waals surface area (Å²) in [5.74, 6) is 1.28. The number of imidazole rings is 1. The zero-order valence-corrected chi connectivity index (χ0v) is 9.50. The Kier molecular flexibility index (Phi) is 2.11. The standard InChI is InChI=1S/C9H10BrN3O/c1-5-8(11)13-7(12-5)4-3-6(10)9(13)14-2/h3-4H,11H2,1-2H3. The van der Waals surface area contributed by atoms with Crippen molar-refractivity contribution in [3.05, 3.63) is 22.3 Å². The summed E-state index contributed by atoms with van der Waals surface area (Å²) in [5.41, 5.74) is 7.48. The van der Waals surface area contributed by atoms with Gasteiger partial charge in [0.1, 0.15) is 11.5 Å².